The maximum absolute atomic E-state index is 12.4. The molecule has 1 unspecified atom stereocenters. The molecule has 5 heteroatoms. The fourth-order valence-corrected chi connectivity index (χ4v) is 1.39. The average molecular weight is 254 g/mol. The zero-order valence-corrected chi connectivity index (χ0v) is 10.9. The number of rotatable bonds is 5. The van der Waals surface area contributed by atoms with Crippen LogP contribution in [0.5, 0.6) is 0 Å². The number of esters is 1. The van der Waals surface area contributed by atoms with Gasteiger partial charge in [-0.25, -0.2) is 0 Å². The molecule has 0 N–H and O–H groups in total. The number of ether oxygens (including phenoxy) is 1. The summed E-state index contributed by atoms with van der Waals surface area (Å²) in [5.74, 6) is -1.89. The molecule has 0 aliphatic carbocycles. The van der Waals surface area contributed by atoms with Crippen molar-refractivity contribution in [2.24, 2.45) is 11.3 Å². The molecule has 17 heavy (non-hydrogen) atoms. The molecule has 0 radical (unpaired) electrons. The smallest absolute Gasteiger partial charge is 0.389 e. The Kier molecular flexibility index (Phi) is 5.99. The molecule has 0 heterocycles. The molecule has 0 bridgehead atoms. The zero-order valence-electron chi connectivity index (χ0n) is 10.9. The van der Waals surface area contributed by atoms with Crippen LogP contribution in [-0.2, 0) is 9.53 Å². The van der Waals surface area contributed by atoms with Gasteiger partial charge < -0.3 is 4.74 Å². The molecular formula is C12H21F3O2. The second-order valence-electron chi connectivity index (χ2n) is 5.26. The van der Waals surface area contributed by atoms with Gasteiger partial charge in [0, 0.05) is 0 Å². The molecule has 0 aromatic heterocycles. The van der Waals surface area contributed by atoms with Crippen LogP contribution in [0.15, 0.2) is 0 Å². The molecule has 0 amide bonds. The van der Waals surface area contributed by atoms with Crippen molar-refractivity contribution < 1.29 is 22.7 Å². The molecule has 1 atom stereocenters. The van der Waals surface area contributed by atoms with E-state index in [4.69, 9.17) is 4.74 Å². The number of alkyl halides is 3. The molecule has 0 saturated heterocycles. The highest BCUT2D eigenvalue weighted by atomic mass is 19.4. The Morgan fingerprint density at radius 1 is 1.24 bits per heavy atom. The van der Waals surface area contributed by atoms with E-state index in [0.29, 0.717) is 6.42 Å². The number of unbranched alkanes of at least 4 members (excludes halogenated alkanes) is 1. The van der Waals surface area contributed by atoms with Crippen LogP contribution < -0.4 is 0 Å². The Hall–Kier alpha value is -0.740. The maximum Gasteiger partial charge on any atom is 0.389 e. The van der Waals surface area contributed by atoms with Gasteiger partial charge in [0.2, 0.25) is 0 Å². The molecule has 0 aliphatic heterocycles. The molecule has 0 saturated carbocycles. The fourth-order valence-electron chi connectivity index (χ4n) is 1.39. The highest BCUT2D eigenvalue weighted by molar-refractivity contribution is 5.73. The number of carbonyl (C=O) groups excluding carboxylic acids is 1. The summed E-state index contributed by atoms with van der Waals surface area (Å²) in [4.78, 5) is 11.6. The Labute approximate surface area is 101 Å². The lowest BCUT2D eigenvalue weighted by molar-refractivity contribution is -0.175. The summed E-state index contributed by atoms with van der Waals surface area (Å²) in [6.45, 7) is 6.96. The molecular weight excluding hydrogens is 233 g/mol. The van der Waals surface area contributed by atoms with Crippen LogP contribution in [0.25, 0.3) is 0 Å². The van der Waals surface area contributed by atoms with E-state index in [1.54, 1.807) is 20.8 Å². The van der Waals surface area contributed by atoms with Gasteiger partial charge in [0.15, 0.2) is 0 Å². The van der Waals surface area contributed by atoms with Gasteiger partial charge in [0.1, 0.15) is 0 Å². The first kappa shape index (κ1) is 16.3. The van der Waals surface area contributed by atoms with Gasteiger partial charge in [-0.2, -0.15) is 13.2 Å². The number of hydrogen-bond donors (Lipinski definition) is 0. The van der Waals surface area contributed by atoms with E-state index in [1.807, 2.05) is 6.92 Å². The van der Waals surface area contributed by atoms with E-state index < -0.39 is 29.9 Å². The van der Waals surface area contributed by atoms with Crippen molar-refractivity contribution in [3.05, 3.63) is 0 Å². The summed E-state index contributed by atoms with van der Waals surface area (Å²) in [5, 5.41) is 0. The highest BCUT2D eigenvalue weighted by Crippen LogP contribution is 2.36. The second kappa shape index (κ2) is 6.26. The monoisotopic (exact) mass is 254 g/mol. The largest absolute Gasteiger partial charge is 0.465 e. The van der Waals surface area contributed by atoms with Gasteiger partial charge >= 0.3 is 12.1 Å². The van der Waals surface area contributed by atoms with Crippen molar-refractivity contribution >= 4 is 5.97 Å². The number of hydrogen-bond acceptors (Lipinski definition) is 2. The first-order valence-corrected chi connectivity index (χ1v) is 5.81. The van der Waals surface area contributed by atoms with Gasteiger partial charge in [0.05, 0.1) is 18.9 Å². The summed E-state index contributed by atoms with van der Waals surface area (Å²) >= 11 is 0. The molecule has 0 fully saturated rings. The van der Waals surface area contributed by atoms with Crippen LogP contribution in [0.4, 0.5) is 13.2 Å². The van der Waals surface area contributed by atoms with Gasteiger partial charge in [-0.3, -0.25) is 4.79 Å². The Morgan fingerprint density at radius 3 is 2.12 bits per heavy atom. The minimum Gasteiger partial charge on any atom is -0.465 e. The van der Waals surface area contributed by atoms with Gasteiger partial charge in [0.25, 0.3) is 0 Å². The molecule has 0 aromatic rings. The third-order valence-electron chi connectivity index (χ3n) is 2.51. The summed E-state index contributed by atoms with van der Waals surface area (Å²) in [7, 11) is 0. The molecule has 0 rings (SSSR count). The number of carbonyl (C=O) groups is 1. The minimum absolute atomic E-state index is 0.194. The van der Waals surface area contributed by atoms with E-state index in [2.05, 4.69) is 0 Å². The predicted octanol–water partition coefficient (Wildman–Crippen LogP) is 3.94. The SMILES string of the molecule is CCCCOC(=O)C(CC(F)(F)F)C(C)(C)C. The molecule has 0 aliphatic rings. The van der Waals surface area contributed by atoms with Gasteiger partial charge in [-0.05, 0) is 11.8 Å². The quantitative estimate of drug-likeness (QED) is 0.548. The van der Waals surface area contributed by atoms with Crippen molar-refractivity contribution in [1.29, 1.82) is 0 Å². The normalized spacial score (nSPS) is 14.5. The third kappa shape index (κ3) is 7.23. The summed E-state index contributed by atoms with van der Waals surface area (Å²) in [6.07, 6.45) is -3.95. The lowest BCUT2D eigenvalue weighted by atomic mass is 9.78. The standard InChI is InChI=1S/C12H21F3O2/c1-5-6-7-17-10(16)9(11(2,3)4)8-12(13,14)15/h9H,5-8H2,1-4H3. The summed E-state index contributed by atoms with van der Waals surface area (Å²) in [6, 6.07) is 0. The van der Waals surface area contributed by atoms with Crippen molar-refractivity contribution in [2.45, 2.75) is 53.1 Å². The van der Waals surface area contributed by atoms with Crippen molar-refractivity contribution in [2.75, 3.05) is 6.61 Å². The summed E-state index contributed by atoms with van der Waals surface area (Å²) in [5.41, 5.74) is -0.751. The topological polar surface area (TPSA) is 26.3 Å². The second-order valence-corrected chi connectivity index (χ2v) is 5.26. The van der Waals surface area contributed by atoms with E-state index in [9.17, 15) is 18.0 Å². The average Bonchev–Trinajstić information content (AvgIpc) is 2.11. The van der Waals surface area contributed by atoms with E-state index in [1.165, 1.54) is 0 Å². The fraction of sp³-hybridized carbons (Fsp3) is 0.917. The first-order chi connectivity index (χ1) is 7.58. The first-order valence-electron chi connectivity index (χ1n) is 5.81. The predicted molar refractivity (Wildman–Crippen MR) is 59.5 cm³/mol. The van der Waals surface area contributed by atoms with Crippen LogP contribution in [0.2, 0.25) is 0 Å². The Morgan fingerprint density at radius 2 is 1.76 bits per heavy atom. The van der Waals surface area contributed by atoms with Gasteiger partial charge in [-0.15, -0.1) is 0 Å². The van der Waals surface area contributed by atoms with Crippen LogP contribution in [0.1, 0.15) is 47.0 Å². The van der Waals surface area contributed by atoms with Crippen LogP contribution in [-0.4, -0.2) is 18.8 Å². The third-order valence-corrected chi connectivity index (χ3v) is 2.51. The maximum atomic E-state index is 12.4. The molecule has 0 aromatic carbocycles. The number of halogens is 3. The Balaban J connectivity index is 4.54. The molecule has 0 spiro atoms. The lowest BCUT2D eigenvalue weighted by Crippen LogP contribution is -2.34. The van der Waals surface area contributed by atoms with E-state index >= 15 is 0 Å². The van der Waals surface area contributed by atoms with E-state index in [-0.39, 0.29) is 6.61 Å². The lowest BCUT2D eigenvalue weighted by Gasteiger charge is -2.29. The minimum atomic E-state index is -4.35. The van der Waals surface area contributed by atoms with Crippen LogP contribution >= 0.6 is 0 Å². The summed E-state index contributed by atoms with van der Waals surface area (Å²) < 4.78 is 42.0. The Bertz CT molecular complexity index is 241. The highest BCUT2D eigenvalue weighted by Gasteiger charge is 2.42. The van der Waals surface area contributed by atoms with Crippen molar-refractivity contribution in [3.8, 4) is 0 Å². The van der Waals surface area contributed by atoms with Crippen LogP contribution in [0, 0.1) is 11.3 Å². The molecule has 102 valence electrons. The van der Waals surface area contributed by atoms with Crippen molar-refractivity contribution in [1.82, 2.24) is 0 Å². The molecule has 2 nitrogen and oxygen atoms in total. The van der Waals surface area contributed by atoms with Gasteiger partial charge in [-0.1, -0.05) is 34.1 Å². The van der Waals surface area contributed by atoms with Crippen molar-refractivity contribution in [3.63, 3.8) is 0 Å². The van der Waals surface area contributed by atoms with Crippen LogP contribution in [0.3, 0.4) is 0 Å². The van der Waals surface area contributed by atoms with E-state index in [0.717, 1.165) is 6.42 Å². The zero-order chi connectivity index (χ0) is 13.7.